The van der Waals surface area contributed by atoms with Crippen molar-refractivity contribution in [1.82, 2.24) is 10.2 Å². The van der Waals surface area contributed by atoms with Gasteiger partial charge in [0.05, 0.1) is 10.6 Å². The Balaban J connectivity index is 1.99. The standard InChI is InChI=1S/C18H20ClFN2O/c1-22(2)15(10-13-6-4-3-5-7-13)12-21-18(23)16-9-8-14(20)11-17(16)19/h3-9,11,15H,10,12H2,1-2H3,(H,21,23)/t15-/m0/s1. The summed E-state index contributed by atoms with van der Waals surface area (Å²) in [5, 5.41) is 2.99. The number of nitrogens with one attached hydrogen (secondary N) is 1. The molecule has 0 heterocycles. The molecule has 3 nitrogen and oxygen atoms in total. The summed E-state index contributed by atoms with van der Waals surface area (Å²) in [4.78, 5) is 14.3. The molecule has 1 atom stereocenters. The van der Waals surface area contributed by atoms with Crippen LogP contribution in [0.2, 0.25) is 5.02 Å². The first-order chi connectivity index (χ1) is 11.0. The van der Waals surface area contributed by atoms with Gasteiger partial charge in [-0.2, -0.15) is 0 Å². The minimum Gasteiger partial charge on any atom is -0.350 e. The van der Waals surface area contributed by atoms with Gasteiger partial charge in [-0.25, -0.2) is 4.39 Å². The monoisotopic (exact) mass is 334 g/mol. The van der Waals surface area contributed by atoms with Crippen LogP contribution in [0.4, 0.5) is 4.39 Å². The van der Waals surface area contributed by atoms with Crippen LogP contribution in [0.3, 0.4) is 0 Å². The summed E-state index contributed by atoms with van der Waals surface area (Å²) in [5.41, 5.74) is 1.49. The van der Waals surface area contributed by atoms with E-state index in [0.717, 1.165) is 12.5 Å². The van der Waals surface area contributed by atoms with Gasteiger partial charge in [0.2, 0.25) is 0 Å². The molecule has 5 heteroatoms. The fourth-order valence-corrected chi connectivity index (χ4v) is 2.56. The van der Waals surface area contributed by atoms with Crippen molar-refractivity contribution in [1.29, 1.82) is 0 Å². The number of hydrogen-bond donors (Lipinski definition) is 1. The van der Waals surface area contributed by atoms with E-state index in [1.807, 2.05) is 32.3 Å². The predicted molar refractivity (Wildman–Crippen MR) is 91.4 cm³/mol. The molecule has 0 bridgehead atoms. The van der Waals surface area contributed by atoms with Crippen LogP contribution in [0.15, 0.2) is 48.5 Å². The van der Waals surface area contributed by atoms with Gasteiger partial charge in [-0.3, -0.25) is 4.79 Å². The van der Waals surface area contributed by atoms with Gasteiger partial charge >= 0.3 is 0 Å². The fraction of sp³-hybridized carbons (Fsp3) is 0.278. The van der Waals surface area contributed by atoms with E-state index in [4.69, 9.17) is 11.6 Å². The molecule has 0 aliphatic heterocycles. The van der Waals surface area contributed by atoms with E-state index >= 15 is 0 Å². The molecule has 0 aromatic heterocycles. The number of likely N-dealkylation sites (N-methyl/N-ethyl adjacent to an activating group) is 1. The highest BCUT2D eigenvalue weighted by Crippen LogP contribution is 2.17. The average Bonchev–Trinajstić information content (AvgIpc) is 2.51. The Morgan fingerprint density at radius 1 is 1.22 bits per heavy atom. The largest absolute Gasteiger partial charge is 0.350 e. The number of carbonyl (C=O) groups is 1. The SMILES string of the molecule is CN(C)[C@H](CNC(=O)c1ccc(F)cc1Cl)Cc1ccccc1. The number of amides is 1. The minimum atomic E-state index is -0.457. The number of benzene rings is 2. The molecule has 2 aromatic rings. The van der Waals surface area contributed by atoms with E-state index < -0.39 is 5.82 Å². The third kappa shape index (κ3) is 5.05. The van der Waals surface area contributed by atoms with Gasteiger partial charge in [0.25, 0.3) is 5.91 Å². The van der Waals surface area contributed by atoms with E-state index in [1.165, 1.54) is 17.7 Å². The second-order valence-electron chi connectivity index (χ2n) is 5.64. The highest BCUT2D eigenvalue weighted by atomic mass is 35.5. The minimum absolute atomic E-state index is 0.118. The summed E-state index contributed by atoms with van der Waals surface area (Å²) >= 11 is 5.92. The zero-order chi connectivity index (χ0) is 16.8. The van der Waals surface area contributed by atoms with Crippen LogP contribution in [0.5, 0.6) is 0 Å². The first-order valence-corrected chi connectivity index (χ1v) is 7.79. The molecule has 0 saturated heterocycles. The van der Waals surface area contributed by atoms with Gasteiger partial charge in [0, 0.05) is 12.6 Å². The normalized spacial score (nSPS) is 12.2. The number of nitrogens with zero attached hydrogens (tertiary/aromatic N) is 1. The molecule has 0 spiro atoms. The number of carbonyl (C=O) groups excluding carboxylic acids is 1. The van der Waals surface area contributed by atoms with Gasteiger partial charge < -0.3 is 10.2 Å². The quantitative estimate of drug-likeness (QED) is 0.878. The Hall–Kier alpha value is -1.91. The smallest absolute Gasteiger partial charge is 0.252 e. The molecule has 0 radical (unpaired) electrons. The van der Waals surface area contributed by atoms with Gasteiger partial charge in [0.1, 0.15) is 5.82 Å². The van der Waals surface area contributed by atoms with Gasteiger partial charge in [-0.05, 0) is 44.3 Å². The van der Waals surface area contributed by atoms with E-state index in [2.05, 4.69) is 22.3 Å². The molecule has 2 aromatic carbocycles. The zero-order valence-corrected chi connectivity index (χ0v) is 14.0. The molecule has 1 N–H and O–H groups in total. The Morgan fingerprint density at radius 3 is 2.52 bits per heavy atom. The molecule has 2 rings (SSSR count). The molecule has 0 fully saturated rings. The molecule has 0 unspecified atom stereocenters. The molecule has 0 aliphatic carbocycles. The highest BCUT2D eigenvalue weighted by Gasteiger charge is 2.16. The van der Waals surface area contributed by atoms with Crippen LogP contribution in [0.25, 0.3) is 0 Å². The van der Waals surface area contributed by atoms with Gasteiger partial charge in [-0.15, -0.1) is 0 Å². The molecule has 0 saturated carbocycles. The Bertz CT molecular complexity index is 661. The van der Waals surface area contributed by atoms with E-state index in [0.29, 0.717) is 6.54 Å². The third-order valence-corrected chi connectivity index (χ3v) is 4.03. The van der Waals surface area contributed by atoms with Crippen molar-refractivity contribution in [3.8, 4) is 0 Å². The molecule has 1 amide bonds. The summed E-state index contributed by atoms with van der Waals surface area (Å²) < 4.78 is 13.1. The lowest BCUT2D eigenvalue weighted by Gasteiger charge is -2.25. The van der Waals surface area contributed by atoms with Crippen LogP contribution < -0.4 is 5.32 Å². The molecule has 0 aliphatic rings. The maximum absolute atomic E-state index is 13.1. The predicted octanol–water partition coefficient (Wildman–Crippen LogP) is 3.38. The van der Waals surface area contributed by atoms with E-state index in [9.17, 15) is 9.18 Å². The van der Waals surface area contributed by atoms with Crippen molar-refractivity contribution in [2.75, 3.05) is 20.6 Å². The lowest BCUT2D eigenvalue weighted by molar-refractivity contribution is 0.0942. The van der Waals surface area contributed by atoms with Crippen LogP contribution in [0, 0.1) is 5.82 Å². The average molecular weight is 335 g/mol. The third-order valence-electron chi connectivity index (χ3n) is 3.72. The summed E-state index contributed by atoms with van der Waals surface area (Å²) in [6.07, 6.45) is 0.825. The van der Waals surface area contributed by atoms with Crippen molar-refractivity contribution < 1.29 is 9.18 Å². The number of rotatable bonds is 6. The van der Waals surface area contributed by atoms with Crippen LogP contribution in [0.1, 0.15) is 15.9 Å². The van der Waals surface area contributed by atoms with Crippen LogP contribution in [-0.2, 0) is 6.42 Å². The van der Waals surface area contributed by atoms with Gasteiger partial charge in [0.15, 0.2) is 0 Å². The maximum Gasteiger partial charge on any atom is 0.252 e. The zero-order valence-electron chi connectivity index (χ0n) is 13.2. The second-order valence-corrected chi connectivity index (χ2v) is 6.05. The summed E-state index contributed by atoms with van der Waals surface area (Å²) in [6, 6.07) is 14.0. The molecule has 23 heavy (non-hydrogen) atoms. The van der Waals surface area contributed by atoms with Gasteiger partial charge in [-0.1, -0.05) is 41.9 Å². The number of halogens is 2. The Morgan fingerprint density at radius 2 is 1.91 bits per heavy atom. The van der Waals surface area contributed by atoms with Crippen molar-refractivity contribution in [3.05, 3.63) is 70.5 Å². The van der Waals surface area contributed by atoms with Crippen molar-refractivity contribution in [2.45, 2.75) is 12.5 Å². The number of hydrogen-bond acceptors (Lipinski definition) is 2. The van der Waals surface area contributed by atoms with Crippen molar-refractivity contribution >= 4 is 17.5 Å². The first kappa shape index (κ1) is 17.4. The summed E-state index contributed by atoms with van der Waals surface area (Å²) in [7, 11) is 3.95. The van der Waals surface area contributed by atoms with Crippen LogP contribution >= 0.6 is 11.6 Å². The van der Waals surface area contributed by atoms with E-state index in [1.54, 1.807) is 0 Å². The lowest BCUT2D eigenvalue weighted by Crippen LogP contribution is -2.41. The first-order valence-electron chi connectivity index (χ1n) is 7.41. The second kappa shape index (κ2) is 8.09. The van der Waals surface area contributed by atoms with Crippen molar-refractivity contribution in [3.63, 3.8) is 0 Å². The molecule has 122 valence electrons. The van der Waals surface area contributed by atoms with Crippen molar-refractivity contribution in [2.24, 2.45) is 0 Å². The topological polar surface area (TPSA) is 32.3 Å². The summed E-state index contributed by atoms with van der Waals surface area (Å²) in [6.45, 7) is 0.481. The summed E-state index contributed by atoms with van der Waals surface area (Å²) in [5.74, 6) is -0.753. The fourth-order valence-electron chi connectivity index (χ4n) is 2.30. The van der Waals surface area contributed by atoms with E-state index in [-0.39, 0.29) is 22.5 Å². The van der Waals surface area contributed by atoms with Crippen LogP contribution in [-0.4, -0.2) is 37.5 Å². The highest BCUT2D eigenvalue weighted by molar-refractivity contribution is 6.33. The Kier molecular flexibility index (Phi) is 6.13. The molecular weight excluding hydrogens is 315 g/mol. The molecular formula is C18H20ClFN2O. The lowest BCUT2D eigenvalue weighted by atomic mass is 10.0. The maximum atomic E-state index is 13.1. The Labute approximate surface area is 141 Å².